The van der Waals surface area contributed by atoms with E-state index in [9.17, 15) is 9.59 Å². The second-order valence-corrected chi connectivity index (χ2v) is 5.99. The Morgan fingerprint density at radius 1 is 1.15 bits per heavy atom. The number of hydrogen-bond acceptors (Lipinski definition) is 4. The first-order valence-corrected chi connectivity index (χ1v) is 7.34. The van der Waals surface area contributed by atoms with E-state index >= 15 is 0 Å². The standard InChI is InChI=1S/C14H25N3O3/c1-11(2)14(4-5-15-10-14)12(18)16-6-8-17(9-7-16)13(19)20-3/h11,15H,4-10H2,1-3H3. The molecule has 0 aromatic heterocycles. The highest BCUT2D eigenvalue weighted by atomic mass is 16.5. The van der Waals surface area contributed by atoms with Crippen molar-refractivity contribution in [2.75, 3.05) is 46.4 Å². The van der Waals surface area contributed by atoms with Crippen LogP contribution in [0, 0.1) is 11.3 Å². The molecule has 20 heavy (non-hydrogen) atoms. The van der Waals surface area contributed by atoms with Gasteiger partial charge in [0.1, 0.15) is 0 Å². The quantitative estimate of drug-likeness (QED) is 0.803. The van der Waals surface area contributed by atoms with Crippen molar-refractivity contribution in [3.63, 3.8) is 0 Å². The monoisotopic (exact) mass is 283 g/mol. The normalized spacial score (nSPS) is 27.0. The van der Waals surface area contributed by atoms with E-state index in [0.29, 0.717) is 32.1 Å². The van der Waals surface area contributed by atoms with Crippen LogP contribution >= 0.6 is 0 Å². The molecular formula is C14H25N3O3. The van der Waals surface area contributed by atoms with Crippen LogP contribution in [0.2, 0.25) is 0 Å². The van der Waals surface area contributed by atoms with Crippen LogP contribution in [-0.4, -0.2) is 68.2 Å². The lowest BCUT2D eigenvalue weighted by atomic mass is 9.75. The molecule has 0 aliphatic carbocycles. The fraction of sp³-hybridized carbons (Fsp3) is 0.857. The van der Waals surface area contributed by atoms with Gasteiger partial charge >= 0.3 is 6.09 Å². The molecule has 2 saturated heterocycles. The molecule has 2 aliphatic rings. The van der Waals surface area contributed by atoms with Gasteiger partial charge in [-0.15, -0.1) is 0 Å². The van der Waals surface area contributed by atoms with Crippen LogP contribution in [0.15, 0.2) is 0 Å². The summed E-state index contributed by atoms with van der Waals surface area (Å²) in [4.78, 5) is 27.9. The van der Waals surface area contributed by atoms with Crippen molar-refractivity contribution < 1.29 is 14.3 Å². The first-order chi connectivity index (χ1) is 9.51. The van der Waals surface area contributed by atoms with Gasteiger partial charge in [-0.1, -0.05) is 13.8 Å². The number of amides is 2. The predicted molar refractivity (Wildman–Crippen MR) is 75.3 cm³/mol. The maximum Gasteiger partial charge on any atom is 0.409 e. The molecule has 0 aromatic rings. The molecule has 1 unspecified atom stereocenters. The number of piperazine rings is 1. The Labute approximate surface area is 120 Å². The van der Waals surface area contributed by atoms with Crippen molar-refractivity contribution in [3.8, 4) is 0 Å². The predicted octanol–water partition coefficient (Wildman–Crippen LogP) is 0.533. The fourth-order valence-corrected chi connectivity index (χ4v) is 3.17. The third kappa shape index (κ3) is 2.61. The molecule has 2 rings (SSSR count). The van der Waals surface area contributed by atoms with E-state index in [1.807, 2.05) is 4.90 Å². The van der Waals surface area contributed by atoms with Crippen LogP contribution in [-0.2, 0) is 9.53 Å². The summed E-state index contributed by atoms with van der Waals surface area (Å²) in [6, 6.07) is 0. The Bertz CT molecular complexity index is 370. The highest BCUT2D eigenvalue weighted by Gasteiger charge is 2.46. The van der Waals surface area contributed by atoms with Crippen LogP contribution in [0.25, 0.3) is 0 Å². The summed E-state index contributed by atoms with van der Waals surface area (Å²) >= 11 is 0. The van der Waals surface area contributed by atoms with Crippen molar-refractivity contribution in [1.82, 2.24) is 15.1 Å². The van der Waals surface area contributed by atoms with Gasteiger partial charge in [0.25, 0.3) is 0 Å². The highest BCUT2D eigenvalue weighted by Crippen LogP contribution is 2.36. The average molecular weight is 283 g/mol. The molecule has 2 heterocycles. The lowest BCUT2D eigenvalue weighted by molar-refractivity contribution is -0.145. The molecule has 2 fully saturated rings. The zero-order valence-corrected chi connectivity index (χ0v) is 12.6. The number of rotatable bonds is 2. The fourth-order valence-electron chi connectivity index (χ4n) is 3.17. The van der Waals surface area contributed by atoms with E-state index in [1.54, 1.807) is 4.90 Å². The van der Waals surface area contributed by atoms with E-state index in [-0.39, 0.29) is 17.4 Å². The summed E-state index contributed by atoms with van der Waals surface area (Å²) in [5.74, 6) is 0.561. The molecule has 1 N–H and O–H groups in total. The van der Waals surface area contributed by atoms with Crippen LogP contribution in [0.1, 0.15) is 20.3 Å². The van der Waals surface area contributed by atoms with Gasteiger partial charge in [-0.25, -0.2) is 4.79 Å². The van der Waals surface area contributed by atoms with Gasteiger partial charge in [-0.3, -0.25) is 4.79 Å². The zero-order chi connectivity index (χ0) is 14.8. The van der Waals surface area contributed by atoms with Crippen LogP contribution in [0.3, 0.4) is 0 Å². The maximum atomic E-state index is 12.9. The molecule has 2 amide bonds. The Balaban J connectivity index is 1.99. The lowest BCUT2D eigenvalue weighted by Crippen LogP contribution is -2.56. The second-order valence-electron chi connectivity index (χ2n) is 5.99. The summed E-state index contributed by atoms with van der Waals surface area (Å²) in [5, 5.41) is 3.32. The molecular weight excluding hydrogens is 258 g/mol. The number of ether oxygens (including phenoxy) is 1. The summed E-state index contributed by atoms with van der Waals surface area (Å²) in [6.07, 6.45) is 0.596. The highest BCUT2D eigenvalue weighted by molar-refractivity contribution is 5.84. The van der Waals surface area contributed by atoms with Gasteiger partial charge in [-0.05, 0) is 18.9 Å². The summed E-state index contributed by atoms with van der Waals surface area (Å²) < 4.78 is 4.72. The zero-order valence-electron chi connectivity index (χ0n) is 12.6. The summed E-state index contributed by atoms with van der Waals surface area (Å²) in [5.41, 5.74) is -0.270. The SMILES string of the molecule is COC(=O)N1CCN(C(=O)C2(C(C)C)CCNC2)CC1. The third-order valence-electron chi connectivity index (χ3n) is 4.72. The van der Waals surface area contributed by atoms with E-state index in [2.05, 4.69) is 19.2 Å². The number of nitrogens with one attached hydrogen (secondary N) is 1. The van der Waals surface area contributed by atoms with Crippen molar-refractivity contribution in [3.05, 3.63) is 0 Å². The third-order valence-corrected chi connectivity index (χ3v) is 4.72. The van der Waals surface area contributed by atoms with Crippen LogP contribution in [0.4, 0.5) is 4.79 Å². The molecule has 6 nitrogen and oxygen atoms in total. The first-order valence-electron chi connectivity index (χ1n) is 7.34. The van der Waals surface area contributed by atoms with E-state index in [1.165, 1.54) is 7.11 Å². The smallest absolute Gasteiger partial charge is 0.409 e. The molecule has 2 aliphatic heterocycles. The molecule has 0 radical (unpaired) electrons. The lowest BCUT2D eigenvalue weighted by Gasteiger charge is -2.40. The molecule has 1 atom stereocenters. The Kier molecular flexibility index (Phi) is 4.52. The Hall–Kier alpha value is -1.30. The number of carbonyl (C=O) groups is 2. The number of nitrogens with zero attached hydrogens (tertiary/aromatic N) is 2. The van der Waals surface area contributed by atoms with Crippen molar-refractivity contribution in [2.45, 2.75) is 20.3 Å². The van der Waals surface area contributed by atoms with E-state index in [4.69, 9.17) is 4.74 Å². The van der Waals surface area contributed by atoms with Crippen LogP contribution < -0.4 is 5.32 Å². The molecule has 0 bridgehead atoms. The minimum Gasteiger partial charge on any atom is -0.453 e. The average Bonchev–Trinajstić information content (AvgIpc) is 2.96. The van der Waals surface area contributed by atoms with Gasteiger partial charge in [0.15, 0.2) is 0 Å². The van der Waals surface area contributed by atoms with E-state index in [0.717, 1.165) is 19.5 Å². The number of methoxy groups -OCH3 is 1. The maximum absolute atomic E-state index is 12.9. The number of carbonyl (C=O) groups excluding carboxylic acids is 2. The molecule has 0 saturated carbocycles. The molecule has 6 heteroatoms. The number of hydrogen-bond donors (Lipinski definition) is 1. The van der Waals surface area contributed by atoms with E-state index < -0.39 is 0 Å². The van der Waals surface area contributed by atoms with Crippen molar-refractivity contribution >= 4 is 12.0 Å². The van der Waals surface area contributed by atoms with Gasteiger partial charge in [0.05, 0.1) is 12.5 Å². The topological polar surface area (TPSA) is 61.9 Å². The Morgan fingerprint density at radius 3 is 2.20 bits per heavy atom. The molecule has 0 spiro atoms. The minimum absolute atomic E-state index is 0.238. The van der Waals surface area contributed by atoms with Gasteiger partial charge < -0.3 is 19.9 Å². The minimum atomic E-state index is -0.307. The largest absolute Gasteiger partial charge is 0.453 e. The molecule has 114 valence electrons. The second kappa shape index (κ2) is 5.99. The van der Waals surface area contributed by atoms with Crippen molar-refractivity contribution in [2.24, 2.45) is 11.3 Å². The summed E-state index contributed by atoms with van der Waals surface area (Å²) in [6.45, 7) is 8.23. The van der Waals surface area contributed by atoms with Crippen molar-refractivity contribution in [1.29, 1.82) is 0 Å². The summed E-state index contributed by atoms with van der Waals surface area (Å²) in [7, 11) is 1.39. The van der Waals surface area contributed by atoms with Gasteiger partial charge in [-0.2, -0.15) is 0 Å². The van der Waals surface area contributed by atoms with Gasteiger partial charge in [0, 0.05) is 32.7 Å². The van der Waals surface area contributed by atoms with Gasteiger partial charge in [0.2, 0.25) is 5.91 Å². The first kappa shape index (κ1) is 15.1. The molecule has 0 aromatic carbocycles. The Morgan fingerprint density at radius 2 is 1.75 bits per heavy atom. The van der Waals surface area contributed by atoms with Crippen LogP contribution in [0.5, 0.6) is 0 Å².